The van der Waals surface area contributed by atoms with Crippen molar-refractivity contribution >= 4 is 33.2 Å². The normalized spacial score (nSPS) is 11.1. The van der Waals surface area contributed by atoms with Gasteiger partial charge in [-0.1, -0.05) is 11.6 Å². The molecule has 2 N–H and O–H groups in total. The minimum absolute atomic E-state index is 0.115. The van der Waals surface area contributed by atoms with Crippen LogP contribution in [0.1, 0.15) is 0 Å². The Labute approximate surface area is 121 Å². The lowest BCUT2D eigenvalue weighted by Crippen LogP contribution is -1.90. The Balaban J connectivity index is 2.30. The van der Waals surface area contributed by atoms with E-state index in [1.165, 1.54) is 12.1 Å². The Morgan fingerprint density at radius 3 is 2.68 bits per heavy atom. The van der Waals surface area contributed by atoms with Crippen molar-refractivity contribution in [3.63, 3.8) is 0 Å². The summed E-state index contributed by atoms with van der Waals surface area (Å²) in [6, 6.07) is 6.26. The van der Waals surface area contributed by atoms with Gasteiger partial charge in [-0.15, -0.1) is 10.2 Å². The van der Waals surface area contributed by atoms with Crippen LogP contribution in [0.4, 0.5) is 0 Å². The molecule has 0 saturated heterocycles. The van der Waals surface area contributed by atoms with E-state index in [0.717, 1.165) is 4.47 Å². The van der Waals surface area contributed by atoms with E-state index >= 15 is 0 Å². The molecular formula is C12H7BrClN3O2. The molecule has 5 nitrogen and oxygen atoms in total. The molecule has 0 spiro atoms. The minimum Gasteiger partial charge on any atom is -0.507 e. The monoisotopic (exact) mass is 339 g/mol. The van der Waals surface area contributed by atoms with Gasteiger partial charge in [0.2, 0.25) is 0 Å². The number of aromatic nitrogens is 3. The lowest BCUT2D eigenvalue weighted by molar-refractivity contribution is 0.451. The van der Waals surface area contributed by atoms with Crippen LogP contribution in [0, 0.1) is 0 Å². The summed E-state index contributed by atoms with van der Waals surface area (Å²) in [5.41, 5.74) is 1.04. The second kappa shape index (κ2) is 4.40. The SMILES string of the molecule is Oc1cc(O)c(-c2nnc3ccc(Br)cn23)cc1Cl. The lowest BCUT2D eigenvalue weighted by atomic mass is 10.2. The molecule has 0 aliphatic rings. The first-order chi connectivity index (χ1) is 9.06. The molecule has 3 rings (SSSR count). The Morgan fingerprint density at radius 2 is 1.89 bits per heavy atom. The van der Waals surface area contributed by atoms with Gasteiger partial charge in [-0.25, -0.2) is 0 Å². The molecule has 7 heteroatoms. The van der Waals surface area contributed by atoms with Crippen molar-refractivity contribution in [3.05, 3.63) is 40.0 Å². The summed E-state index contributed by atoms with van der Waals surface area (Å²) in [7, 11) is 0. The van der Waals surface area contributed by atoms with Crippen LogP contribution in [0.25, 0.3) is 17.0 Å². The summed E-state index contributed by atoms with van der Waals surface area (Å²) in [6.07, 6.45) is 1.78. The second-order valence-electron chi connectivity index (χ2n) is 3.92. The number of hydrogen-bond acceptors (Lipinski definition) is 4. The molecule has 3 aromatic rings. The van der Waals surface area contributed by atoms with Crippen molar-refractivity contribution in [2.75, 3.05) is 0 Å². The number of benzene rings is 1. The fourth-order valence-corrected chi connectivity index (χ4v) is 2.28. The van der Waals surface area contributed by atoms with Gasteiger partial charge in [-0.3, -0.25) is 4.40 Å². The van der Waals surface area contributed by atoms with Crippen molar-refractivity contribution < 1.29 is 10.2 Å². The maximum Gasteiger partial charge on any atom is 0.172 e. The predicted octanol–water partition coefficient (Wildman–Crippen LogP) is 3.22. The molecule has 19 heavy (non-hydrogen) atoms. The van der Waals surface area contributed by atoms with Gasteiger partial charge in [0.25, 0.3) is 0 Å². The van der Waals surface area contributed by atoms with E-state index in [4.69, 9.17) is 11.6 Å². The molecule has 0 atom stereocenters. The lowest BCUT2D eigenvalue weighted by Gasteiger charge is -2.05. The third-order valence-electron chi connectivity index (χ3n) is 2.67. The Kier molecular flexibility index (Phi) is 2.83. The molecule has 0 unspecified atom stereocenters. The van der Waals surface area contributed by atoms with Crippen molar-refractivity contribution in [3.8, 4) is 22.9 Å². The molecular weight excluding hydrogens is 334 g/mol. The molecule has 0 aliphatic heterocycles. The quantitative estimate of drug-likeness (QED) is 0.713. The van der Waals surface area contributed by atoms with Crippen LogP contribution < -0.4 is 0 Å². The average molecular weight is 341 g/mol. The summed E-state index contributed by atoms with van der Waals surface area (Å²) in [5, 5.41) is 27.5. The number of aromatic hydroxyl groups is 2. The molecule has 0 bridgehead atoms. The Hall–Kier alpha value is -1.79. The van der Waals surface area contributed by atoms with Gasteiger partial charge in [0.15, 0.2) is 11.5 Å². The van der Waals surface area contributed by atoms with Crippen LogP contribution >= 0.6 is 27.5 Å². The minimum atomic E-state index is -0.182. The van der Waals surface area contributed by atoms with Crippen molar-refractivity contribution in [2.24, 2.45) is 0 Å². The van der Waals surface area contributed by atoms with Crippen LogP contribution in [0.5, 0.6) is 11.5 Å². The number of phenols is 2. The van der Waals surface area contributed by atoms with Crippen LogP contribution in [0.3, 0.4) is 0 Å². The smallest absolute Gasteiger partial charge is 0.172 e. The number of hydrogen-bond donors (Lipinski definition) is 2. The third-order valence-corrected chi connectivity index (χ3v) is 3.44. The van der Waals surface area contributed by atoms with Gasteiger partial charge in [0.05, 0.1) is 10.6 Å². The summed E-state index contributed by atoms with van der Waals surface area (Å²) in [6.45, 7) is 0. The van der Waals surface area contributed by atoms with E-state index in [0.29, 0.717) is 17.0 Å². The number of halogens is 2. The summed E-state index contributed by atoms with van der Waals surface area (Å²) in [4.78, 5) is 0. The zero-order valence-electron chi connectivity index (χ0n) is 9.38. The predicted molar refractivity (Wildman–Crippen MR) is 74.5 cm³/mol. The van der Waals surface area contributed by atoms with E-state index in [1.54, 1.807) is 16.7 Å². The molecule has 0 fully saturated rings. The van der Waals surface area contributed by atoms with E-state index in [1.807, 2.05) is 6.07 Å². The number of fused-ring (bicyclic) bond motifs is 1. The van der Waals surface area contributed by atoms with Crippen LogP contribution in [-0.2, 0) is 0 Å². The Morgan fingerprint density at radius 1 is 1.11 bits per heavy atom. The van der Waals surface area contributed by atoms with E-state index in [2.05, 4.69) is 26.1 Å². The first-order valence-corrected chi connectivity index (χ1v) is 6.45. The van der Waals surface area contributed by atoms with E-state index in [9.17, 15) is 10.2 Å². The fourth-order valence-electron chi connectivity index (χ4n) is 1.78. The average Bonchev–Trinajstić information content (AvgIpc) is 2.76. The molecule has 0 radical (unpaired) electrons. The highest BCUT2D eigenvalue weighted by Crippen LogP contribution is 2.36. The highest BCUT2D eigenvalue weighted by Gasteiger charge is 2.15. The van der Waals surface area contributed by atoms with E-state index in [-0.39, 0.29) is 16.5 Å². The molecule has 2 heterocycles. The number of nitrogens with zero attached hydrogens (tertiary/aromatic N) is 3. The van der Waals surface area contributed by atoms with Crippen LogP contribution in [0.2, 0.25) is 5.02 Å². The van der Waals surface area contributed by atoms with Gasteiger partial charge >= 0.3 is 0 Å². The largest absolute Gasteiger partial charge is 0.507 e. The fraction of sp³-hybridized carbons (Fsp3) is 0. The molecule has 0 amide bonds. The summed E-state index contributed by atoms with van der Waals surface area (Å²) < 4.78 is 2.57. The maximum atomic E-state index is 9.90. The van der Waals surface area contributed by atoms with Gasteiger partial charge in [0, 0.05) is 16.7 Å². The topological polar surface area (TPSA) is 70.7 Å². The summed E-state index contributed by atoms with van der Waals surface area (Å²) >= 11 is 9.22. The zero-order chi connectivity index (χ0) is 13.6. The standard InChI is InChI=1S/C12H7BrClN3O2/c13-6-1-2-11-15-16-12(17(11)5-6)7-3-8(14)10(19)4-9(7)18/h1-5,18-19H. The molecule has 0 saturated carbocycles. The number of pyridine rings is 1. The van der Waals surface area contributed by atoms with Gasteiger partial charge < -0.3 is 10.2 Å². The van der Waals surface area contributed by atoms with Gasteiger partial charge in [-0.2, -0.15) is 0 Å². The third kappa shape index (κ3) is 2.02. The van der Waals surface area contributed by atoms with Gasteiger partial charge in [0.1, 0.15) is 11.5 Å². The first kappa shape index (κ1) is 12.3. The van der Waals surface area contributed by atoms with Crippen molar-refractivity contribution in [2.45, 2.75) is 0 Å². The molecule has 2 aromatic heterocycles. The molecule has 0 aliphatic carbocycles. The summed E-state index contributed by atoms with van der Waals surface area (Å²) in [5.74, 6) is 0.143. The zero-order valence-corrected chi connectivity index (χ0v) is 11.7. The Bertz CT molecular complexity index is 788. The van der Waals surface area contributed by atoms with E-state index < -0.39 is 0 Å². The molecule has 96 valence electrons. The van der Waals surface area contributed by atoms with Crippen molar-refractivity contribution in [1.29, 1.82) is 0 Å². The van der Waals surface area contributed by atoms with Crippen LogP contribution in [-0.4, -0.2) is 24.8 Å². The number of rotatable bonds is 1. The highest BCUT2D eigenvalue weighted by molar-refractivity contribution is 9.10. The highest BCUT2D eigenvalue weighted by atomic mass is 79.9. The first-order valence-electron chi connectivity index (χ1n) is 5.28. The van der Waals surface area contributed by atoms with Crippen molar-refractivity contribution in [1.82, 2.24) is 14.6 Å². The molecule has 1 aromatic carbocycles. The second-order valence-corrected chi connectivity index (χ2v) is 5.24. The maximum absolute atomic E-state index is 9.90. The number of phenolic OH excluding ortho intramolecular Hbond substituents is 2. The van der Waals surface area contributed by atoms with Crippen LogP contribution in [0.15, 0.2) is 34.9 Å². The van der Waals surface area contributed by atoms with Gasteiger partial charge in [-0.05, 0) is 34.1 Å².